The highest BCUT2D eigenvalue weighted by Gasteiger charge is 2.38. The van der Waals surface area contributed by atoms with Gasteiger partial charge in [-0.05, 0) is 43.7 Å². The smallest absolute Gasteiger partial charge is 0.255 e. The molecular formula is C19H22N2O2S. The maximum absolute atomic E-state index is 13.0. The fraction of sp³-hybridized carbons (Fsp3) is 0.474. The predicted molar refractivity (Wildman–Crippen MR) is 94.0 cm³/mol. The van der Waals surface area contributed by atoms with E-state index in [0.717, 1.165) is 46.8 Å². The standard InChI is InChI=1S/C19H22N2O2S/c1-13-9-16(23-20-13)12-24-18-8-3-2-7-17(18)19(22)21-10-14-5-4-6-15(14)11-21/h2-3,7-9,14-15H,4-6,10-12H2,1H3/t14-,15+. The van der Waals surface area contributed by atoms with Crippen molar-refractivity contribution in [3.63, 3.8) is 0 Å². The molecule has 126 valence electrons. The lowest BCUT2D eigenvalue weighted by atomic mass is 10.0. The van der Waals surface area contributed by atoms with Crippen LogP contribution in [0, 0.1) is 18.8 Å². The molecule has 2 heterocycles. The third-order valence-electron chi connectivity index (χ3n) is 5.18. The van der Waals surface area contributed by atoms with Crippen molar-refractivity contribution in [1.29, 1.82) is 0 Å². The number of thioether (sulfide) groups is 1. The Kier molecular flexibility index (Phi) is 4.35. The van der Waals surface area contributed by atoms with E-state index in [1.165, 1.54) is 19.3 Å². The molecule has 1 amide bonds. The van der Waals surface area contributed by atoms with Crippen LogP contribution in [0.3, 0.4) is 0 Å². The maximum atomic E-state index is 13.0. The van der Waals surface area contributed by atoms with Crippen molar-refractivity contribution in [1.82, 2.24) is 10.1 Å². The Hall–Kier alpha value is -1.75. The fourth-order valence-electron chi connectivity index (χ4n) is 3.97. The molecule has 1 saturated heterocycles. The highest BCUT2D eigenvalue weighted by atomic mass is 32.2. The van der Waals surface area contributed by atoms with Gasteiger partial charge in [0.25, 0.3) is 5.91 Å². The zero-order chi connectivity index (χ0) is 16.5. The summed E-state index contributed by atoms with van der Waals surface area (Å²) in [6, 6.07) is 9.86. The molecule has 5 heteroatoms. The summed E-state index contributed by atoms with van der Waals surface area (Å²) in [5.74, 6) is 3.17. The summed E-state index contributed by atoms with van der Waals surface area (Å²) in [5.41, 5.74) is 1.71. The number of hydrogen-bond acceptors (Lipinski definition) is 4. The summed E-state index contributed by atoms with van der Waals surface area (Å²) in [6.07, 6.45) is 3.91. The van der Waals surface area contributed by atoms with Gasteiger partial charge in [0.05, 0.1) is 17.0 Å². The number of carbonyl (C=O) groups excluding carboxylic acids is 1. The number of likely N-dealkylation sites (tertiary alicyclic amines) is 1. The van der Waals surface area contributed by atoms with Crippen LogP contribution in [0.1, 0.15) is 41.1 Å². The summed E-state index contributed by atoms with van der Waals surface area (Å²) >= 11 is 1.64. The van der Waals surface area contributed by atoms with Gasteiger partial charge >= 0.3 is 0 Å². The molecule has 0 spiro atoms. The van der Waals surface area contributed by atoms with Crippen LogP contribution in [-0.4, -0.2) is 29.1 Å². The summed E-state index contributed by atoms with van der Waals surface area (Å²) in [4.78, 5) is 16.1. The van der Waals surface area contributed by atoms with E-state index < -0.39 is 0 Å². The van der Waals surface area contributed by atoms with Gasteiger partial charge < -0.3 is 9.42 Å². The third kappa shape index (κ3) is 3.09. The normalized spacial score (nSPS) is 22.8. The molecular weight excluding hydrogens is 320 g/mol. The van der Waals surface area contributed by atoms with Crippen molar-refractivity contribution >= 4 is 17.7 Å². The second-order valence-electron chi connectivity index (χ2n) is 6.88. The van der Waals surface area contributed by atoms with Gasteiger partial charge in [-0.25, -0.2) is 0 Å². The van der Waals surface area contributed by atoms with E-state index in [1.54, 1.807) is 11.8 Å². The van der Waals surface area contributed by atoms with E-state index in [0.29, 0.717) is 5.75 Å². The molecule has 0 radical (unpaired) electrons. The maximum Gasteiger partial charge on any atom is 0.255 e. The SMILES string of the molecule is Cc1cc(CSc2ccccc2C(=O)N2C[C@H]3CCC[C@H]3C2)on1. The second-order valence-corrected chi connectivity index (χ2v) is 7.90. The van der Waals surface area contributed by atoms with Crippen LogP contribution in [0.2, 0.25) is 0 Å². The zero-order valence-electron chi connectivity index (χ0n) is 13.9. The van der Waals surface area contributed by atoms with E-state index in [4.69, 9.17) is 4.52 Å². The van der Waals surface area contributed by atoms with E-state index in [2.05, 4.69) is 10.1 Å². The average molecular weight is 342 g/mol. The third-order valence-corrected chi connectivity index (χ3v) is 6.27. The molecule has 1 aromatic carbocycles. The van der Waals surface area contributed by atoms with Crippen LogP contribution in [0.5, 0.6) is 0 Å². The van der Waals surface area contributed by atoms with Gasteiger partial charge in [0.1, 0.15) is 5.76 Å². The molecule has 2 atom stereocenters. The molecule has 0 bridgehead atoms. The number of aromatic nitrogens is 1. The highest BCUT2D eigenvalue weighted by Crippen LogP contribution is 2.38. The molecule has 1 aliphatic heterocycles. The molecule has 1 saturated carbocycles. The molecule has 1 aliphatic carbocycles. The van der Waals surface area contributed by atoms with Crippen molar-refractivity contribution in [3.05, 3.63) is 47.3 Å². The van der Waals surface area contributed by atoms with E-state index in [1.807, 2.05) is 37.3 Å². The number of aryl methyl sites for hydroxylation is 1. The molecule has 24 heavy (non-hydrogen) atoms. The van der Waals surface area contributed by atoms with Crippen molar-refractivity contribution in [2.24, 2.45) is 11.8 Å². The Balaban J connectivity index is 1.47. The number of fused-ring (bicyclic) bond motifs is 1. The Morgan fingerprint density at radius 3 is 2.75 bits per heavy atom. The van der Waals surface area contributed by atoms with Crippen molar-refractivity contribution in [2.45, 2.75) is 36.8 Å². The predicted octanol–water partition coefficient (Wildman–Crippen LogP) is 4.15. The van der Waals surface area contributed by atoms with Gasteiger partial charge in [-0.3, -0.25) is 4.79 Å². The second kappa shape index (κ2) is 6.63. The molecule has 2 aliphatic rings. The average Bonchev–Trinajstić information content (AvgIpc) is 3.28. The molecule has 0 unspecified atom stereocenters. The first-order valence-electron chi connectivity index (χ1n) is 8.64. The molecule has 2 aromatic rings. The van der Waals surface area contributed by atoms with Crippen molar-refractivity contribution in [3.8, 4) is 0 Å². The Morgan fingerprint density at radius 2 is 2.04 bits per heavy atom. The number of amides is 1. The Bertz CT molecular complexity index is 730. The number of carbonyl (C=O) groups is 1. The van der Waals surface area contributed by atoms with Gasteiger partial charge in [-0.15, -0.1) is 11.8 Å². The van der Waals surface area contributed by atoms with Crippen LogP contribution in [0.4, 0.5) is 0 Å². The van der Waals surface area contributed by atoms with E-state index in [-0.39, 0.29) is 5.91 Å². The first-order chi connectivity index (χ1) is 11.7. The Morgan fingerprint density at radius 1 is 1.29 bits per heavy atom. The van der Waals surface area contributed by atoms with Crippen LogP contribution >= 0.6 is 11.8 Å². The molecule has 1 aromatic heterocycles. The van der Waals surface area contributed by atoms with E-state index in [9.17, 15) is 4.79 Å². The minimum Gasteiger partial charge on any atom is -0.360 e. The minimum atomic E-state index is 0.182. The van der Waals surface area contributed by atoms with E-state index >= 15 is 0 Å². The lowest BCUT2D eigenvalue weighted by Crippen LogP contribution is -2.29. The fourth-order valence-corrected chi connectivity index (χ4v) is 4.89. The van der Waals surface area contributed by atoms with Crippen molar-refractivity contribution in [2.75, 3.05) is 13.1 Å². The molecule has 4 rings (SSSR count). The van der Waals surface area contributed by atoms with Crippen LogP contribution in [0.25, 0.3) is 0 Å². The zero-order valence-corrected chi connectivity index (χ0v) is 14.7. The summed E-state index contributed by atoms with van der Waals surface area (Å²) < 4.78 is 5.27. The largest absolute Gasteiger partial charge is 0.360 e. The number of benzene rings is 1. The topological polar surface area (TPSA) is 46.3 Å². The minimum absolute atomic E-state index is 0.182. The van der Waals surface area contributed by atoms with Gasteiger partial charge in [-0.2, -0.15) is 0 Å². The lowest BCUT2D eigenvalue weighted by Gasteiger charge is -2.19. The molecule has 2 fully saturated rings. The highest BCUT2D eigenvalue weighted by molar-refractivity contribution is 7.98. The van der Waals surface area contributed by atoms with Gasteiger partial charge in [0.15, 0.2) is 0 Å². The number of nitrogens with zero attached hydrogens (tertiary/aromatic N) is 2. The van der Waals surface area contributed by atoms with Gasteiger partial charge in [0.2, 0.25) is 0 Å². The van der Waals surface area contributed by atoms with Gasteiger partial charge in [-0.1, -0.05) is 23.7 Å². The van der Waals surface area contributed by atoms with Crippen LogP contribution in [0.15, 0.2) is 39.8 Å². The first kappa shape index (κ1) is 15.8. The number of rotatable bonds is 4. The molecule has 4 nitrogen and oxygen atoms in total. The summed E-state index contributed by atoms with van der Waals surface area (Å²) in [6.45, 7) is 3.78. The van der Waals surface area contributed by atoms with Crippen LogP contribution < -0.4 is 0 Å². The first-order valence-corrected chi connectivity index (χ1v) is 9.62. The Labute approximate surface area is 146 Å². The quantitative estimate of drug-likeness (QED) is 0.783. The molecule has 0 N–H and O–H groups in total. The van der Waals surface area contributed by atoms with Gasteiger partial charge in [0, 0.05) is 24.1 Å². The van der Waals surface area contributed by atoms with Crippen LogP contribution in [-0.2, 0) is 5.75 Å². The number of hydrogen-bond donors (Lipinski definition) is 0. The lowest BCUT2D eigenvalue weighted by molar-refractivity contribution is 0.0777. The summed E-state index contributed by atoms with van der Waals surface area (Å²) in [5, 5.41) is 3.92. The van der Waals surface area contributed by atoms with Crippen molar-refractivity contribution < 1.29 is 9.32 Å². The summed E-state index contributed by atoms with van der Waals surface area (Å²) in [7, 11) is 0. The monoisotopic (exact) mass is 342 g/mol.